The van der Waals surface area contributed by atoms with E-state index in [4.69, 9.17) is 0 Å². The molecule has 1 N–H and O–H groups in total. The second kappa shape index (κ2) is 3.91. The standard InChI is InChI=1S/C13H18N2O/c1-4-13(2,16)9-11-10-7-5-6-8-12(10)15(3)14-11/h5-8,16H,4,9H2,1-3H3. The lowest BCUT2D eigenvalue weighted by atomic mass is 9.96. The number of nitrogens with zero attached hydrogens (tertiary/aromatic N) is 2. The van der Waals surface area contributed by atoms with E-state index >= 15 is 0 Å². The molecule has 0 fully saturated rings. The lowest BCUT2D eigenvalue weighted by Gasteiger charge is -2.19. The fourth-order valence-corrected chi connectivity index (χ4v) is 1.90. The quantitative estimate of drug-likeness (QED) is 0.858. The lowest BCUT2D eigenvalue weighted by Crippen LogP contribution is -2.26. The third-order valence-electron chi connectivity index (χ3n) is 3.14. The molecule has 0 saturated carbocycles. The topological polar surface area (TPSA) is 38.1 Å². The normalized spacial score (nSPS) is 15.2. The summed E-state index contributed by atoms with van der Waals surface area (Å²) < 4.78 is 1.87. The van der Waals surface area contributed by atoms with E-state index in [1.165, 1.54) is 0 Å². The van der Waals surface area contributed by atoms with E-state index in [0.29, 0.717) is 6.42 Å². The van der Waals surface area contributed by atoms with Gasteiger partial charge in [0.15, 0.2) is 0 Å². The highest BCUT2D eigenvalue weighted by Crippen LogP contribution is 2.23. The van der Waals surface area contributed by atoms with Crippen molar-refractivity contribution in [2.75, 3.05) is 0 Å². The zero-order valence-corrected chi connectivity index (χ0v) is 10.1. The van der Waals surface area contributed by atoms with Crippen molar-refractivity contribution in [3.8, 4) is 0 Å². The number of aromatic nitrogens is 2. The second-order valence-electron chi connectivity index (χ2n) is 4.61. The van der Waals surface area contributed by atoms with Gasteiger partial charge in [-0.2, -0.15) is 5.10 Å². The van der Waals surface area contributed by atoms with Crippen LogP contribution in [0.2, 0.25) is 0 Å². The minimum Gasteiger partial charge on any atom is -0.390 e. The van der Waals surface area contributed by atoms with Gasteiger partial charge < -0.3 is 5.11 Å². The molecule has 86 valence electrons. The van der Waals surface area contributed by atoms with Crippen LogP contribution in [0.25, 0.3) is 10.9 Å². The summed E-state index contributed by atoms with van der Waals surface area (Å²) in [7, 11) is 1.94. The summed E-state index contributed by atoms with van der Waals surface area (Å²) in [5.74, 6) is 0. The highest BCUT2D eigenvalue weighted by atomic mass is 16.3. The number of aryl methyl sites for hydroxylation is 1. The molecule has 2 rings (SSSR count). The molecule has 1 atom stereocenters. The number of hydrogen-bond donors (Lipinski definition) is 1. The van der Waals surface area contributed by atoms with Crippen molar-refractivity contribution in [2.24, 2.45) is 7.05 Å². The highest BCUT2D eigenvalue weighted by molar-refractivity contribution is 5.81. The van der Waals surface area contributed by atoms with Crippen molar-refractivity contribution in [3.63, 3.8) is 0 Å². The first kappa shape index (κ1) is 11.1. The summed E-state index contributed by atoms with van der Waals surface area (Å²) in [6.07, 6.45) is 1.34. The van der Waals surface area contributed by atoms with Gasteiger partial charge in [-0.1, -0.05) is 25.1 Å². The fourth-order valence-electron chi connectivity index (χ4n) is 1.90. The Morgan fingerprint density at radius 3 is 2.75 bits per heavy atom. The molecular formula is C13H18N2O. The molecule has 0 aliphatic rings. The summed E-state index contributed by atoms with van der Waals surface area (Å²) in [5.41, 5.74) is 1.42. The van der Waals surface area contributed by atoms with Gasteiger partial charge in [0.25, 0.3) is 0 Å². The molecule has 0 bridgehead atoms. The predicted octanol–water partition coefficient (Wildman–Crippen LogP) is 2.28. The maximum Gasteiger partial charge on any atom is 0.0731 e. The van der Waals surface area contributed by atoms with Gasteiger partial charge in [0.2, 0.25) is 0 Å². The van der Waals surface area contributed by atoms with E-state index in [1.54, 1.807) is 0 Å². The van der Waals surface area contributed by atoms with Crippen LogP contribution in [0.1, 0.15) is 26.0 Å². The molecule has 1 unspecified atom stereocenters. The zero-order valence-electron chi connectivity index (χ0n) is 10.1. The average molecular weight is 218 g/mol. The van der Waals surface area contributed by atoms with E-state index in [2.05, 4.69) is 11.2 Å². The molecule has 0 aliphatic carbocycles. The molecule has 1 aromatic carbocycles. The predicted molar refractivity (Wildman–Crippen MR) is 65.3 cm³/mol. The first-order valence-corrected chi connectivity index (χ1v) is 5.66. The summed E-state index contributed by atoms with van der Waals surface area (Å²) in [4.78, 5) is 0. The Bertz CT molecular complexity index is 500. The SMILES string of the molecule is CCC(C)(O)Cc1nn(C)c2ccccc12. The maximum absolute atomic E-state index is 10.1. The van der Waals surface area contributed by atoms with Crippen molar-refractivity contribution in [1.29, 1.82) is 0 Å². The Kier molecular flexibility index (Phi) is 2.72. The molecule has 2 aromatic rings. The van der Waals surface area contributed by atoms with E-state index in [1.807, 2.05) is 43.8 Å². The Morgan fingerprint density at radius 2 is 2.06 bits per heavy atom. The largest absolute Gasteiger partial charge is 0.390 e. The molecular weight excluding hydrogens is 200 g/mol. The van der Waals surface area contributed by atoms with E-state index in [0.717, 1.165) is 23.0 Å². The van der Waals surface area contributed by atoms with Gasteiger partial charge >= 0.3 is 0 Å². The molecule has 0 aliphatic heterocycles. The molecule has 3 heteroatoms. The van der Waals surface area contributed by atoms with Gasteiger partial charge in [-0.05, 0) is 19.4 Å². The molecule has 3 nitrogen and oxygen atoms in total. The van der Waals surface area contributed by atoms with Crippen LogP contribution in [0.5, 0.6) is 0 Å². The minimum absolute atomic E-state index is 0.602. The first-order valence-electron chi connectivity index (χ1n) is 5.66. The van der Waals surface area contributed by atoms with Crippen molar-refractivity contribution >= 4 is 10.9 Å². The van der Waals surface area contributed by atoms with Gasteiger partial charge in [0, 0.05) is 18.9 Å². The summed E-state index contributed by atoms with van der Waals surface area (Å²) >= 11 is 0. The van der Waals surface area contributed by atoms with Crippen molar-refractivity contribution in [1.82, 2.24) is 9.78 Å². The van der Waals surface area contributed by atoms with Gasteiger partial charge in [-0.25, -0.2) is 0 Å². The molecule has 1 heterocycles. The molecule has 0 spiro atoms. The van der Waals surface area contributed by atoms with E-state index in [-0.39, 0.29) is 0 Å². The lowest BCUT2D eigenvalue weighted by molar-refractivity contribution is 0.0556. The zero-order chi connectivity index (χ0) is 11.8. The molecule has 16 heavy (non-hydrogen) atoms. The van der Waals surface area contributed by atoms with E-state index < -0.39 is 5.60 Å². The smallest absolute Gasteiger partial charge is 0.0731 e. The van der Waals surface area contributed by atoms with Crippen LogP contribution in [-0.2, 0) is 13.5 Å². The Labute approximate surface area is 95.7 Å². The monoisotopic (exact) mass is 218 g/mol. The van der Waals surface area contributed by atoms with Gasteiger partial charge in [0.05, 0.1) is 16.8 Å². The van der Waals surface area contributed by atoms with Gasteiger partial charge in [-0.15, -0.1) is 0 Å². The van der Waals surface area contributed by atoms with Crippen molar-refractivity contribution in [3.05, 3.63) is 30.0 Å². The molecule has 1 aromatic heterocycles. The Hall–Kier alpha value is -1.35. The summed E-state index contributed by atoms with van der Waals surface area (Å²) in [6.45, 7) is 3.85. The number of para-hydroxylation sites is 1. The van der Waals surface area contributed by atoms with Crippen LogP contribution >= 0.6 is 0 Å². The Balaban J connectivity index is 2.46. The van der Waals surface area contributed by atoms with Crippen LogP contribution in [0.3, 0.4) is 0 Å². The van der Waals surface area contributed by atoms with Crippen LogP contribution in [-0.4, -0.2) is 20.5 Å². The Morgan fingerprint density at radius 1 is 1.38 bits per heavy atom. The third-order valence-corrected chi connectivity index (χ3v) is 3.14. The second-order valence-corrected chi connectivity index (χ2v) is 4.61. The number of rotatable bonds is 3. The molecule has 0 amide bonds. The minimum atomic E-state index is -0.670. The molecule has 0 saturated heterocycles. The van der Waals surface area contributed by atoms with Crippen LogP contribution in [0.15, 0.2) is 24.3 Å². The van der Waals surface area contributed by atoms with Crippen molar-refractivity contribution in [2.45, 2.75) is 32.3 Å². The third kappa shape index (κ3) is 1.95. The summed E-state index contributed by atoms with van der Waals surface area (Å²) in [6, 6.07) is 8.12. The number of fused-ring (bicyclic) bond motifs is 1. The van der Waals surface area contributed by atoms with Crippen molar-refractivity contribution < 1.29 is 5.11 Å². The number of aliphatic hydroxyl groups is 1. The van der Waals surface area contributed by atoms with Gasteiger partial charge in [-0.3, -0.25) is 4.68 Å². The van der Waals surface area contributed by atoms with Crippen LogP contribution in [0.4, 0.5) is 0 Å². The first-order chi connectivity index (χ1) is 7.53. The maximum atomic E-state index is 10.1. The van der Waals surface area contributed by atoms with Crippen LogP contribution < -0.4 is 0 Å². The van der Waals surface area contributed by atoms with Crippen LogP contribution in [0, 0.1) is 0 Å². The fraction of sp³-hybridized carbons (Fsp3) is 0.462. The van der Waals surface area contributed by atoms with E-state index in [9.17, 15) is 5.11 Å². The molecule has 0 radical (unpaired) electrons. The number of hydrogen-bond acceptors (Lipinski definition) is 2. The summed E-state index contributed by atoms with van der Waals surface area (Å²) in [5, 5.41) is 15.7. The highest BCUT2D eigenvalue weighted by Gasteiger charge is 2.21. The average Bonchev–Trinajstić information content (AvgIpc) is 2.56. The number of benzene rings is 1. The van der Waals surface area contributed by atoms with Gasteiger partial charge in [0.1, 0.15) is 0 Å².